The molecule has 1 fully saturated rings. The SMILES string of the molecule is CCCCC=CC1CC(=O)NC1=O. The molecule has 1 saturated heterocycles. The number of carbonyl (C=O) groups is 2. The molecule has 3 heteroatoms. The lowest BCUT2D eigenvalue weighted by molar-refractivity contribution is -0.125. The van der Waals surface area contributed by atoms with Crippen LogP contribution in [0.3, 0.4) is 0 Å². The molecule has 1 unspecified atom stereocenters. The van der Waals surface area contributed by atoms with Gasteiger partial charge in [-0.1, -0.05) is 31.9 Å². The normalized spacial score (nSPS) is 22.7. The first-order valence-corrected chi connectivity index (χ1v) is 4.74. The van der Waals surface area contributed by atoms with Crippen molar-refractivity contribution in [3.8, 4) is 0 Å². The summed E-state index contributed by atoms with van der Waals surface area (Å²) in [4.78, 5) is 21.9. The van der Waals surface area contributed by atoms with Crippen molar-refractivity contribution in [3.05, 3.63) is 12.2 Å². The fraction of sp³-hybridized carbons (Fsp3) is 0.600. The maximum absolute atomic E-state index is 11.1. The largest absolute Gasteiger partial charge is 0.296 e. The van der Waals surface area contributed by atoms with E-state index < -0.39 is 0 Å². The van der Waals surface area contributed by atoms with E-state index in [2.05, 4.69) is 12.2 Å². The van der Waals surface area contributed by atoms with Crippen molar-refractivity contribution in [3.63, 3.8) is 0 Å². The van der Waals surface area contributed by atoms with Crippen molar-refractivity contribution < 1.29 is 9.59 Å². The highest BCUT2D eigenvalue weighted by molar-refractivity contribution is 6.04. The molecule has 1 aliphatic rings. The Hall–Kier alpha value is -1.12. The Morgan fingerprint density at radius 3 is 2.85 bits per heavy atom. The molecule has 1 rings (SSSR count). The lowest BCUT2D eigenvalue weighted by Gasteiger charge is -1.95. The maximum Gasteiger partial charge on any atom is 0.233 e. The number of unbranched alkanes of at least 4 members (excludes halogenated alkanes) is 2. The van der Waals surface area contributed by atoms with Crippen LogP contribution in [0, 0.1) is 5.92 Å². The van der Waals surface area contributed by atoms with Crippen LogP contribution in [-0.4, -0.2) is 11.8 Å². The van der Waals surface area contributed by atoms with E-state index in [1.54, 1.807) is 0 Å². The predicted molar refractivity (Wildman–Crippen MR) is 49.9 cm³/mol. The van der Waals surface area contributed by atoms with Gasteiger partial charge in [-0.05, 0) is 6.42 Å². The molecule has 0 aromatic rings. The van der Waals surface area contributed by atoms with Gasteiger partial charge in [0.05, 0.1) is 5.92 Å². The molecule has 0 bridgehead atoms. The Bertz CT molecular complexity index is 233. The molecule has 72 valence electrons. The highest BCUT2D eigenvalue weighted by Crippen LogP contribution is 2.12. The fourth-order valence-electron chi connectivity index (χ4n) is 1.31. The van der Waals surface area contributed by atoms with Gasteiger partial charge in [-0.3, -0.25) is 14.9 Å². The standard InChI is InChI=1S/C10H15NO2/c1-2-3-4-5-6-8-7-9(12)11-10(8)13/h5-6,8H,2-4,7H2,1H3,(H,11,12,13). The van der Waals surface area contributed by atoms with Crippen LogP contribution in [-0.2, 0) is 9.59 Å². The number of amides is 2. The van der Waals surface area contributed by atoms with Crippen molar-refractivity contribution in [1.29, 1.82) is 0 Å². The number of hydrogen-bond acceptors (Lipinski definition) is 2. The van der Waals surface area contributed by atoms with Gasteiger partial charge in [-0.25, -0.2) is 0 Å². The lowest BCUT2D eigenvalue weighted by Crippen LogP contribution is -2.21. The Morgan fingerprint density at radius 2 is 2.31 bits per heavy atom. The van der Waals surface area contributed by atoms with Gasteiger partial charge in [0, 0.05) is 6.42 Å². The summed E-state index contributed by atoms with van der Waals surface area (Å²) in [6, 6.07) is 0. The number of rotatable bonds is 4. The zero-order valence-electron chi connectivity index (χ0n) is 7.88. The molecule has 3 nitrogen and oxygen atoms in total. The average Bonchev–Trinajstić information content (AvgIpc) is 2.39. The van der Waals surface area contributed by atoms with Crippen LogP contribution < -0.4 is 5.32 Å². The summed E-state index contributed by atoms with van der Waals surface area (Å²) in [7, 11) is 0. The number of carbonyl (C=O) groups excluding carboxylic acids is 2. The monoisotopic (exact) mass is 181 g/mol. The van der Waals surface area contributed by atoms with Gasteiger partial charge in [-0.15, -0.1) is 0 Å². The molecular weight excluding hydrogens is 166 g/mol. The molecule has 0 spiro atoms. The first-order chi connectivity index (χ1) is 6.24. The third kappa shape index (κ3) is 3.01. The predicted octanol–water partition coefficient (Wildman–Crippen LogP) is 1.40. The third-order valence-corrected chi connectivity index (χ3v) is 2.10. The van der Waals surface area contributed by atoms with Crippen LogP contribution in [0.1, 0.15) is 32.6 Å². The van der Waals surface area contributed by atoms with E-state index in [0.29, 0.717) is 6.42 Å². The number of allylic oxidation sites excluding steroid dienone is 1. The van der Waals surface area contributed by atoms with Gasteiger partial charge in [-0.2, -0.15) is 0 Å². The Labute approximate surface area is 78.2 Å². The Kier molecular flexibility index (Phi) is 3.68. The van der Waals surface area contributed by atoms with Crippen molar-refractivity contribution in [2.75, 3.05) is 0 Å². The Morgan fingerprint density at radius 1 is 1.54 bits per heavy atom. The second-order valence-corrected chi connectivity index (χ2v) is 3.29. The molecule has 1 heterocycles. The van der Waals surface area contributed by atoms with Crippen LogP contribution in [0.4, 0.5) is 0 Å². The van der Waals surface area contributed by atoms with Crippen molar-refractivity contribution in [2.45, 2.75) is 32.6 Å². The zero-order chi connectivity index (χ0) is 9.68. The number of imide groups is 1. The summed E-state index contributed by atoms with van der Waals surface area (Å²) in [5, 5.41) is 2.28. The quantitative estimate of drug-likeness (QED) is 0.405. The molecule has 1 N–H and O–H groups in total. The molecule has 0 radical (unpaired) electrons. The number of hydrogen-bond donors (Lipinski definition) is 1. The summed E-state index contributed by atoms with van der Waals surface area (Å²) >= 11 is 0. The van der Waals surface area contributed by atoms with Crippen LogP contribution in [0.15, 0.2) is 12.2 Å². The van der Waals surface area contributed by atoms with E-state index >= 15 is 0 Å². The average molecular weight is 181 g/mol. The van der Waals surface area contributed by atoms with E-state index in [0.717, 1.165) is 19.3 Å². The first-order valence-electron chi connectivity index (χ1n) is 4.74. The smallest absolute Gasteiger partial charge is 0.233 e. The zero-order valence-corrected chi connectivity index (χ0v) is 7.88. The minimum atomic E-state index is -0.218. The highest BCUT2D eigenvalue weighted by Gasteiger charge is 2.27. The fourth-order valence-corrected chi connectivity index (χ4v) is 1.31. The molecular formula is C10H15NO2. The minimum Gasteiger partial charge on any atom is -0.296 e. The van der Waals surface area contributed by atoms with Crippen molar-refractivity contribution in [1.82, 2.24) is 5.32 Å². The molecule has 2 amide bonds. The molecule has 1 aliphatic heterocycles. The molecule has 13 heavy (non-hydrogen) atoms. The van der Waals surface area contributed by atoms with Crippen LogP contribution in [0.25, 0.3) is 0 Å². The maximum atomic E-state index is 11.1. The second kappa shape index (κ2) is 4.80. The van der Waals surface area contributed by atoms with E-state index in [4.69, 9.17) is 0 Å². The summed E-state index contributed by atoms with van der Waals surface area (Å²) in [5.74, 6) is -0.530. The van der Waals surface area contributed by atoms with Gasteiger partial charge >= 0.3 is 0 Å². The summed E-state index contributed by atoms with van der Waals surface area (Å²) in [5.41, 5.74) is 0. The minimum absolute atomic E-state index is 0.155. The van der Waals surface area contributed by atoms with Crippen molar-refractivity contribution in [2.24, 2.45) is 5.92 Å². The van der Waals surface area contributed by atoms with Gasteiger partial charge in [0.2, 0.25) is 11.8 Å². The molecule has 0 saturated carbocycles. The molecule has 1 atom stereocenters. The van der Waals surface area contributed by atoms with Crippen LogP contribution in [0.2, 0.25) is 0 Å². The lowest BCUT2D eigenvalue weighted by atomic mass is 10.1. The van der Waals surface area contributed by atoms with E-state index in [-0.39, 0.29) is 17.7 Å². The van der Waals surface area contributed by atoms with Gasteiger partial charge in [0.1, 0.15) is 0 Å². The summed E-state index contributed by atoms with van der Waals surface area (Å²) in [6.07, 6.45) is 7.44. The molecule has 0 aromatic carbocycles. The van der Waals surface area contributed by atoms with Gasteiger partial charge in [0.15, 0.2) is 0 Å². The van der Waals surface area contributed by atoms with E-state index in [1.165, 1.54) is 0 Å². The summed E-state index contributed by atoms with van der Waals surface area (Å²) < 4.78 is 0. The van der Waals surface area contributed by atoms with E-state index in [1.807, 2.05) is 12.2 Å². The van der Waals surface area contributed by atoms with Crippen LogP contribution >= 0.6 is 0 Å². The third-order valence-electron chi connectivity index (χ3n) is 2.10. The highest BCUT2D eigenvalue weighted by atomic mass is 16.2. The summed E-state index contributed by atoms with van der Waals surface area (Å²) in [6.45, 7) is 2.12. The van der Waals surface area contributed by atoms with Crippen LogP contribution in [0.5, 0.6) is 0 Å². The number of nitrogens with one attached hydrogen (secondary N) is 1. The molecule has 0 aromatic heterocycles. The van der Waals surface area contributed by atoms with Gasteiger partial charge in [0.25, 0.3) is 0 Å². The van der Waals surface area contributed by atoms with E-state index in [9.17, 15) is 9.59 Å². The van der Waals surface area contributed by atoms with Crippen molar-refractivity contribution >= 4 is 11.8 Å². The van der Waals surface area contributed by atoms with Gasteiger partial charge < -0.3 is 0 Å². The first kappa shape index (κ1) is 9.96. The Balaban J connectivity index is 2.32. The topological polar surface area (TPSA) is 46.2 Å². The molecule has 0 aliphatic carbocycles. The second-order valence-electron chi connectivity index (χ2n) is 3.29.